The highest BCUT2D eigenvalue weighted by atomic mass is 79.9. The molecule has 0 aromatic heterocycles. The second-order valence-electron chi connectivity index (χ2n) is 4.62. The van der Waals surface area contributed by atoms with Crippen molar-refractivity contribution >= 4 is 45.3 Å². The number of hydrogen-bond acceptors (Lipinski definition) is 4. The van der Waals surface area contributed by atoms with E-state index in [4.69, 9.17) is 21.1 Å². The first-order valence-corrected chi connectivity index (χ1v) is 7.88. The van der Waals surface area contributed by atoms with Crippen molar-refractivity contribution in [1.29, 1.82) is 0 Å². The molecule has 0 aliphatic rings. The van der Waals surface area contributed by atoms with E-state index in [1.165, 1.54) is 13.2 Å². The molecule has 0 unspecified atom stereocenters. The van der Waals surface area contributed by atoms with Crippen molar-refractivity contribution < 1.29 is 24.2 Å². The number of halogens is 2. The number of carbonyl (C=O) groups is 2. The largest absolute Gasteiger partial charge is 0.493 e. The lowest BCUT2D eigenvalue weighted by atomic mass is 10.1. The molecule has 2 rings (SSSR count). The Balaban J connectivity index is 2.23. The van der Waals surface area contributed by atoms with Gasteiger partial charge in [0, 0.05) is 0 Å². The average molecular weight is 415 g/mol. The van der Waals surface area contributed by atoms with Crippen LogP contribution in [0.2, 0.25) is 5.02 Å². The van der Waals surface area contributed by atoms with Crippen LogP contribution < -0.4 is 10.1 Å². The summed E-state index contributed by atoms with van der Waals surface area (Å²) >= 11 is 9.16. The molecule has 0 spiro atoms. The summed E-state index contributed by atoms with van der Waals surface area (Å²) in [5.74, 6) is -1.17. The van der Waals surface area contributed by atoms with Crippen LogP contribution in [-0.4, -0.2) is 24.3 Å². The van der Waals surface area contributed by atoms with E-state index in [2.05, 4.69) is 21.2 Å². The lowest BCUT2D eigenvalue weighted by Gasteiger charge is -2.15. The molecule has 2 N–H and O–H groups in total. The quantitative estimate of drug-likeness (QED) is 0.749. The van der Waals surface area contributed by atoms with Gasteiger partial charge in [-0.1, -0.05) is 41.9 Å². The molecule has 0 radical (unpaired) electrons. The van der Waals surface area contributed by atoms with E-state index < -0.39 is 12.1 Å². The summed E-state index contributed by atoms with van der Waals surface area (Å²) in [7, 11) is 1.34. The molecule has 8 heteroatoms. The van der Waals surface area contributed by atoms with Gasteiger partial charge in [-0.2, -0.15) is 0 Å². The Hall–Kier alpha value is -2.25. The fraction of sp³-hybridized carbons (Fsp3) is 0.125. The SMILES string of the molecule is COc1c(Br)c(Cl)cc(C(=O)O)c1NC(=O)OCc1ccccc1. The maximum absolute atomic E-state index is 12.0. The lowest BCUT2D eigenvalue weighted by molar-refractivity contribution is 0.0697. The lowest BCUT2D eigenvalue weighted by Crippen LogP contribution is -2.17. The van der Waals surface area contributed by atoms with Gasteiger partial charge in [0.15, 0.2) is 5.75 Å². The Morgan fingerprint density at radius 1 is 1.29 bits per heavy atom. The first-order chi connectivity index (χ1) is 11.4. The highest BCUT2D eigenvalue weighted by Gasteiger charge is 2.23. The smallest absolute Gasteiger partial charge is 0.412 e. The number of hydrogen-bond donors (Lipinski definition) is 2. The van der Waals surface area contributed by atoms with E-state index in [0.29, 0.717) is 4.47 Å². The van der Waals surface area contributed by atoms with Gasteiger partial charge >= 0.3 is 12.1 Å². The van der Waals surface area contributed by atoms with Crippen molar-refractivity contribution in [3.8, 4) is 5.75 Å². The van der Waals surface area contributed by atoms with Gasteiger partial charge < -0.3 is 14.6 Å². The maximum Gasteiger partial charge on any atom is 0.412 e. The van der Waals surface area contributed by atoms with E-state index in [1.807, 2.05) is 18.2 Å². The second-order valence-corrected chi connectivity index (χ2v) is 5.82. The minimum absolute atomic E-state index is 0.0423. The number of carboxylic acids is 1. The third kappa shape index (κ3) is 4.18. The number of aromatic carboxylic acids is 1. The monoisotopic (exact) mass is 413 g/mol. The van der Waals surface area contributed by atoms with Crippen LogP contribution in [0.25, 0.3) is 0 Å². The van der Waals surface area contributed by atoms with Crippen molar-refractivity contribution in [1.82, 2.24) is 0 Å². The number of ether oxygens (including phenoxy) is 2. The summed E-state index contributed by atoms with van der Waals surface area (Å²) in [6.45, 7) is 0.0478. The predicted molar refractivity (Wildman–Crippen MR) is 92.9 cm³/mol. The van der Waals surface area contributed by atoms with Gasteiger partial charge in [-0.05, 0) is 27.6 Å². The highest BCUT2D eigenvalue weighted by molar-refractivity contribution is 9.10. The summed E-state index contributed by atoms with van der Waals surface area (Å²) < 4.78 is 10.6. The third-order valence-electron chi connectivity index (χ3n) is 3.05. The number of carbonyl (C=O) groups excluding carboxylic acids is 1. The minimum Gasteiger partial charge on any atom is -0.493 e. The zero-order chi connectivity index (χ0) is 17.7. The first kappa shape index (κ1) is 18.1. The van der Waals surface area contributed by atoms with Crippen LogP contribution >= 0.6 is 27.5 Å². The summed E-state index contributed by atoms with van der Waals surface area (Å²) in [5, 5.41) is 11.8. The maximum atomic E-state index is 12.0. The molecule has 0 saturated carbocycles. The third-order valence-corrected chi connectivity index (χ3v) is 4.36. The van der Waals surface area contributed by atoms with E-state index in [9.17, 15) is 14.7 Å². The van der Waals surface area contributed by atoms with Gasteiger partial charge in [-0.15, -0.1) is 0 Å². The molecule has 2 aromatic rings. The van der Waals surface area contributed by atoms with Crippen LogP contribution in [0.4, 0.5) is 10.5 Å². The van der Waals surface area contributed by atoms with E-state index in [-0.39, 0.29) is 28.6 Å². The van der Waals surface area contributed by atoms with Gasteiger partial charge in [0.25, 0.3) is 0 Å². The van der Waals surface area contributed by atoms with Crippen LogP contribution in [-0.2, 0) is 11.3 Å². The zero-order valence-corrected chi connectivity index (χ0v) is 14.8. The molecule has 126 valence electrons. The number of methoxy groups -OCH3 is 1. The van der Waals surface area contributed by atoms with Crippen LogP contribution in [0.5, 0.6) is 5.75 Å². The molecule has 1 amide bonds. The Kier molecular flexibility index (Phi) is 6.05. The van der Waals surface area contributed by atoms with E-state index >= 15 is 0 Å². The van der Waals surface area contributed by atoms with Gasteiger partial charge in [0.2, 0.25) is 0 Å². The molecule has 6 nitrogen and oxygen atoms in total. The fourth-order valence-corrected chi connectivity index (χ4v) is 2.62. The molecule has 0 saturated heterocycles. The molecule has 0 atom stereocenters. The van der Waals surface area contributed by atoms with Gasteiger partial charge in [0.1, 0.15) is 12.3 Å². The van der Waals surface area contributed by atoms with Crippen molar-refractivity contribution in [2.45, 2.75) is 6.61 Å². The van der Waals surface area contributed by atoms with Crippen LogP contribution in [0.15, 0.2) is 40.9 Å². The molecular weight excluding hydrogens is 402 g/mol. The number of benzene rings is 2. The van der Waals surface area contributed by atoms with Crippen molar-refractivity contribution in [2.75, 3.05) is 12.4 Å². The molecule has 0 bridgehead atoms. The minimum atomic E-state index is -1.26. The summed E-state index contributed by atoms with van der Waals surface area (Å²) in [5.41, 5.74) is 0.548. The topological polar surface area (TPSA) is 84.9 Å². The van der Waals surface area contributed by atoms with Crippen LogP contribution in [0.3, 0.4) is 0 Å². The molecule has 24 heavy (non-hydrogen) atoms. The molecule has 0 fully saturated rings. The normalized spacial score (nSPS) is 10.1. The number of nitrogens with one attached hydrogen (secondary N) is 1. The van der Waals surface area contributed by atoms with E-state index in [1.54, 1.807) is 12.1 Å². The molecule has 0 heterocycles. The summed E-state index contributed by atoms with van der Waals surface area (Å²) in [6, 6.07) is 10.3. The molecular formula is C16H13BrClNO5. The first-order valence-electron chi connectivity index (χ1n) is 6.71. The Bertz CT molecular complexity index is 767. The number of amides is 1. The predicted octanol–water partition coefficient (Wildman–Crippen LogP) is 4.56. The van der Waals surface area contributed by atoms with Crippen molar-refractivity contribution in [3.05, 3.63) is 57.0 Å². The van der Waals surface area contributed by atoms with Crippen molar-refractivity contribution in [2.24, 2.45) is 0 Å². The second kappa shape index (κ2) is 8.03. The van der Waals surface area contributed by atoms with Gasteiger partial charge in [0.05, 0.1) is 22.2 Å². The number of anilines is 1. The fourth-order valence-electron chi connectivity index (χ4n) is 1.95. The molecule has 2 aromatic carbocycles. The Morgan fingerprint density at radius 2 is 1.96 bits per heavy atom. The summed E-state index contributed by atoms with van der Waals surface area (Å²) in [4.78, 5) is 23.4. The standard InChI is InChI=1S/C16H13BrClNO5/c1-23-14-12(17)11(18)7-10(15(20)21)13(14)19-16(22)24-8-9-5-3-2-4-6-9/h2-7H,8H2,1H3,(H,19,22)(H,20,21). The Morgan fingerprint density at radius 3 is 2.54 bits per heavy atom. The molecule has 0 aliphatic heterocycles. The number of carboxylic acid groups (broad SMARTS) is 1. The van der Waals surface area contributed by atoms with Gasteiger partial charge in [-0.25, -0.2) is 9.59 Å². The van der Waals surface area contributed by atoms with Crippen LogP contribution in [0, 0.1) is 0 Å². The summed E-state index contributed by atoms with van der Waals surface area (Å²) in [6.07, 6.45) is -0.811. The highest BCUT2D eigenvalue weighted by Crippen LogP contribution is 2.41. The zero-order valence-electron chi connectivity index (χ0n) is 12.5. The molecule has 0 aliphatic carbocycles. The number of rotatable bonds is 5. The Labute approximate surface area is 151 Å². The average Bonchev–Trinajstić information content (AvgIpc) is 2.57. The van der Waals surface area contributed by atoms with E-state index in [0.717, 1.165) is 5.56 Å². The van der Waals surface area contributed by atoms with Gasteiger partial charge in [-0.3, -0.25) is 5.32 Å². The van der Waals surface area contributed by atoms with Crippen molar-refractivity contribution in [3.63, 3.8) is 0 Å². The van der Waals surface area contributed by atoms with Crippen LogP contribution in [0.1, 0.15) is 15.9 Å².